The van der Waals surface area contributed by atoms with Crippen LogP contribution in [0.15, 0.2) is 46.9 Å². The van der Waals surface area contributed by atoms with Crippen molar-refractivity contribution >= 4 is 15.9 Å². The molecule has 0 aliphatic rings. The topological polar surface area (TPSA) is 35.2 Å². The van der Waals surface area contributed by atoms with Gasteiger partial charge in [0.05, 0.1) is 11.6 Å². The minimum atomic E-state index is -0.389. The predicted molar refractivity (Wildman–Crippen MR) is 91.8 cm³/mol. The fourth-order valence-corrected chi connectivity index (χ4v) is 3.06. The standard InChI is InChI=1S/C18H22BrNO/c1-4-13-5-8-15(9-6-13)18(2,20)12-14-7-10-17(21-3)16(19)11-14/h5-11H,4,12,20H2,1-3H3. The number of benzene rings is 2. The van der Waals surface area contributed by atoms with Gasteiger partial charge < -0.3 is 10.5 Å². The van der Waals surface area contributed by atoms with Crippen LogP contribution in [0.3, 0.4) is 0 Å². The molecular formula is C18H22BrNO. The molecule has 0 radical (unpaired) electrons. The second-order valence-electron chi connectivity index (χ2n) is 5.61. The van der Waals surface area contributed by atoms with Crippen LogP contribution in [0.4, 0.5) is 0 Å². The van der Waals surface area contributed by atoms with Crippen LogP contribution in [0.1, 0.15) is 30.5 Å². The Morgan fingerprint density at radius 3 is 2.24 bits per heavy atom. The van der Waals surface area contributed by atoms with Crippen molar-refractivity contribution in [3.63, 3.8) is 0 Å². The highest BCUT2D eigenvalue weighted by molar-refractivity contribution is 9.10. The smallest absolute Gasteiger partial charge is 0.133 e. The van der Waals surface area contributed by atoms with E-state index < -0.39 is 0 Å². The van der Waals surface area contributed by atoms with Gasteiger partial charge in [-0.25, -0.2) is 0 Å². The third-order valence-corrected chi connectivity index (χ3v) is 4.43. The lowest BCUT2D eigenvalue weighted by molar-refractivity contribution is 0.411. The number of halogens is 1. The van der Waals surface area contributed by atoms with Gasteiger partial charge in [0.15, 0.2) is 0 Å². The first-order valence-corrected chi connectivity index (χ1v) is 7.96. The molecule has 2 aromatic carbocycles. The predicted octanol–water partition coefficient (Wildman–Crippen LogP) is 4.44. The third-order valence-electron chi connectivity index (χ3n) is 3.81. The van der Waals surface area contributed by atoms with E-state index in [9.17, 15) is 0 Å². The molecule has 1 atom stereocenters. The van der Waals surface area contributed by atoms with Crippen LogP contribution in [-0.4, -0.2) is 7.11 Å². The van der Waals surface area contributed by atoms with Crippen LogP contribution in [0.2, 0.25) is 0 Å². The molecule has 0 amide bonds. The number of aryl methyl sites for hydroxylation is 1. The molecular weight excluding hydrogens is 326 g/mol. The molecule has 21 heavy (non-hydrogen) atoms. The molecule has 2 rings (SSSR count). The van der Waals surface area contributed by atoms with Gasteiger partial charge in [0.1, 0.15) is 5.75 Å². The zero-order valence-corrected chi connectivity index (χ0v) is 14.4. The summed E-state index contributed by atoms with van der Waals surface area (Å²) in [6, 6.07) is 14.7. The average molecular weight is 348 g/mol. The summed E-state index contributed by atoms with van der Waals surface area (Å²) in [5.41, 5.74) is 9.83. The van der Waals surface area contributed by atoms with Crippen LogP contribution in [0, 0.1) is 0 Å². The van der Waals surface area contributed by atoms with E-state index in [1.165, 1.54) is 11.1 Å². The first kappa shape index (κ1) is 16.1. The van der Waals surface area contributed by atoms with Crippen molar-refractivity contribution in [3.05, 3.63) is 63.6 Å². The number of nitrogens with two attached hydrogens (primary N) is 1. The van der Waals surface area contributed by atoms with Gasteiger partial charge >= 0.3 is 0 Å². The molecule has 0 fully saturated rings. The quantitative estimate of drug-likeness (QED) is 0.867. The lowest BCUT2D eigenvalue weighted by Gasteiger charge is -2.26. The van der Waals surface area contributed by atoms with Crippen molar-refractivity contribution in [2.75, 3.05) is 7.11 Å². The van der Waals surface area contributed by atoms with Crippen molar-refractivity contribution < 1.29 is 4.74 Å². The molecule has 2 N–H and O–H groups in total. The van der Waals surface area contributed by atoms with Crippen molar-refractivity contribution in [2.45, 2.75) is 32.2 Å². The Labute approximate surface area is 135 Å². The molecule has 0 heterocycles. The largest absolute Gasteiger partial charge is 0.496 e. The maximum Gasteiger partial charge on any atom is 0.133 e. The second kappa shape index (κ2) is 6.63. The van der Waals surface area contributed by atoms with Crippen molar-refractivity contribution in [1.82, 2.24) is 0 Å². The van der Waals surface area contributed by atoms with Crippen LogP contribution in [0.25, 0.3) is 0 Å². The first-order chi connectivity index (χ1) is 9.96. The van der Waals surface area contributed by atoms with E-state index in [0.717, 1.165) is 28.6 Å². The zero-order valence-electron chi connectivity index (χ0n) is 12.8. The van der Waals surface area contributed by atoms with E-state index in [4.69, 9.17) is 10.5 Å². The summed E-state index contributed by atoms with van der Waals surface area (Å²) >= 11 is 3.52. The summed E-state index contributed by atoms with van der Waals surface area (Å²) in [6.07, 6.45) is 1.83. The van der Waals surface area contributed by atoms with Crippen LogP contribution < -0.4 is 10.5 Å². The monoisotopic (exact) mass is 347 g/mol. The van der Waals surface area contributed by atoms with Crippen molar-refractivity contribution in [3.8, 4) is 5.75 Å². The Morgan fingerprint density at radius 1 is 1.10 bits per heavy atom. The van der Waals surface area contributed by atoms with E-state index >= 15 is 0 Å². The Balaban J connectivity index is 2.21. The van der Waals surface area contributed by atoms with Crippen LogP contribution in [0.5, 0.6) is 5.75 Å². The normalized spacial score (nSPS) is 13.8. The zero-order chi connectivity index (χ0) is 15.5. The van der Waals surface area contributed by atoms with Gasteiger partial charge in [0, 0.05) is 5.54 Å². The number of methoxy groups -OCH3 is 1. The summed E-state index contributed by atoms with van der Waals surface area (Å²) < 4.78 is 6.22. The summed E-state index contributed by atoms with van der Waals surface area (Å²) in [7, 11) is 1.67. The number of hydrogen-bond donors (Lipinski definition) is 1. The highest BCUT2D eigenvalue weighted by Crippen LogP contribution is 2.29. The van der Waals surface area contributed by atoms with Gasteiger partial charge in [0.25, 0.3) is 0 Å². The van der Waals surface area contributed by atoms with E-state index in [0.29, 0.717) is 0 Å². The molecule has 0 spiro atoms. The fourth-order valence-electron chi connectivity index (χ4n) is 2.47. The van der Waals surface area contributed by atoms with E-state index in [1.807, 2.05) is 6.07 Å². The Bertz CT molecular complexity index is 605. The van der Waals surface area contributed by atoms with Gasteiger partial charge in [0.2, 0.25) is 0 Å². The third kappa shape index (κ3) is 3.86. The number of rotatable bonds is 5. The number of ether oxygens (including phenoxy) is 1. The highest BCUT2D eigenvalue weighted by atomic mass is 79.9. The highest BCUT2D eigenvalue weighted by Gasteiger charge is 2.22. The summed E-state index contributed by atoms with van der Waals surface area (Å²) in [5, 5.41) is 0. The maximum atomic E-state index is 6.54. The van der Waals surface area contributed by atoms with E-state index in [1.54, 1.807) is 7.11 Å². The van der Waals surface area contributed by atoms with Gasteiger partial charge in [-0.3, -0.25) is 0 Å². The summed E-state index contributed by atoms with van der Waals surface area (Å²) in [6.45, 7) is 4.23. The molecule has 112 valence electrons. The van der Waals surface area contributed by atoms with Crippen LogP contribution >= 0.6 is 15.9 Å². The lowest BCUT2D eigenvalue weighted by Crippen LogP contribution is -2.35. The molecule has 2 aromatic rings. The van der Waals surface area contributed by atoms with Gasteiger partial charge in [-0.15, -0.1) is 0 Å². The minimum absolute atomic E-state index is 0.389. The molecule has 1 unspecified atom stereocenters. The maximum absolute atomic E-state index is 6.54. The fraction of sp³-hybridized carbons (Fsp3) is 0.333. The van der Waals surface area contributed by atoms with Crippen molar-refractivity contribution in [2.24, 2.45) is 5.73 Å². The molecule has 0 saturated carbocycles. The molecule has 2 nitrogen and oxygen atoms in total. The van der Waals surface area contributed by atoms with Gasteiger partial charge in [-0.05, 0) is 64.5 Å². The Hall–Kier alpha value is -1.32. The molecule has 0 saturated heterocycles. The summed E-state index contributed by atoms with van der Waals surface area (Å²) in [5.74, 6) is 0.838. The Morgan fingerprint density at radius 2 is 1.71 bits per heavy atom. The first-order valence-electron chi connectivity index (χ1n) is 7.17. The van der Waals surface area contributed by atoms with Gasteiger partial charge in [-0.1, -0.05) is 37.3 Å². The summed E-state index contributed by atoms with van der Waals surface area (Å²) in [4.78, 5) is 0. The van der Waals surface area contributed by atoms with E-state index in [2.05, 4.69) is 66.2 Å². The number of hydrogen-bond acceptors (Lipinski definition) is 2. The molecule has 3 heteroatoms. The van der Waals surface area contributed by atoms with Crippen molar-refractivity contribution in [1.29, 1.82) is 0 Å². The van der Waals surface area contributed by atoms with Crippen LogP contribution in [-0.2, 0) is 18.4 Å². The van der Waals surface area contributed by atoms with E-state index in [-0.39, 0.29) is 5.54 Å². The molecule has 0 aliphatic heterocycles. The molecule has 0 bridgehead atoms. The molecule has 0 aromatic heterocycles. The SMILES string of the molecule is CCc1ccc(C(C)(N)Cc2ccc(OC)c(Br)c2)cc1. The lowest BCUT2D eigenvalue weighted by atomic mass is 9.86. The Kier molecular flexibility index (Phi) is 5.07. The van der Waals surface area contributed by atoms with Gasteiger partial charge in [-0.2, -0.15) is 0 Å². The minimum Gasteiger partial charge on any atom is -0.496 e. The average Bonchev–Trinajstić information content (AvgIpc) is 2.47. The second-order valence-corrected chi connectivity index (χ2v) is 6.47. The molecule has 0 aliphatic carbocycles.